The summed E-state index contributed by atoms with van der Waals surface area (Å²) in [6.45, 7) is 7.27. The lowest BCUT2D eigenvalue weighted by Crippen LogP contribution is -2.36. The lowest BCUT2D eigenvalue weighted by molar-refractivity contribution is -0.177. The summed E-state index contributed by atoms with van der Waals surface area (Å²) >= 11 is 0. The van der Waals surface area contributed by atoms with Gasteiger partial charge in [0.05, 0.1) is 0 Å². The first kappa shape index (κ1) is 19.9. The summed E-state index contributed by atoms with van der Waals surface area (Å²) in [4.78, 5) is 35.9. The van der Waals surface area contributed by atoms with Crippen molar-refractivity contribution in [3.8, 4) is 5.75 Å². The van der Waals surface area contributed by atoms with Gasteiger partial charge in [-0.2, -0.15) is 0 Å². The van der Waals surface area contributed by atoms with Gasteiger partial charge in [-0.1, -0.05) is 12.1 Å². The van der Waals surface area contributed by atoms with E-state index in [1.54, 1.807) is 32.9 Å². The van der Waals surface area contributed by atoms with Crippen molar-refractivity contribution in [3.63, 3.8) is 0 Å². The van der Waals surface area contributed by atoms with Crippen molar-refractivity contribution in [1.82, 2.24) is 5.32 Å². The largest absolute Gasteiger partial charge is 0.457 e. The van der Waals surface area contributed by atoms with Gasteiger partial charge in [-0.15, -0.1) is 0 Å². The molecule has 7 heteroatoms. The summed E-state index contributed by atoms with van der Waals surface area (Å²) < 4.78 is 15.8. The third-order valence-corrected chi connectivity index (χ3v) is 3.64. The van der Waals surface area contributed by atoms with E-state index < -0.39 is 35.7 Å². The molecule has 0 saturated carbocycles. The Labute approximate surface area is 153 Å². The third kappa shape index (κ3) is 5.84. The Balaban J connectivity index is 2.19. The number of hydrogen-bond acceptors (Lipinski definition) is 7. The van der Waals surface area contributed by atoms with Crippen molar-refractivity contribution in [2.75, 3.05) is 6.54 Å². The fourth-order valence-corrected chi connectivity index (χ4v) is 2.57. The number of esters is 3. The minimum absolute atomic E-state index is 0.341. The summed E-state index contributed by atoms with van der Waals surface area (Å²) in [6, 6.07) is 5.80. The summed E-state index contributed by atoms with van der Waals surface area (Å²) in [5, 5.41) is 3.05. The Hall–Kier alpha value is -2.41. The van der Waals surface area contributed by atoms with Crippen LogP contribution in [0.15, 0.2) is 24.3 Å². The van der Waals surface area contributed by atoms with Gasteiger partial charge in [-0.05, 0) is 52.3 Å². The fourth-order valence-electron chi connectivity index (χ4n) is 2.57. The SMILES string of the molecule is CC(=O)Oc1ccc(C(OC(=O)[C@H]2CCCN2)C(=O)OC(C)(C)C)cc1. The molecule has 2 rings (SSSR count). The highest BCUT2D eigenvalue weighted by Crippen LogP contribution is 2.25. The van der Waals surface area contributed by atoms with Crippen molar-refractivity contribution in [2.24, 2.45) is 0 Å². The molecule has 142 valence electrons. The highest BCUT2D eigenvalue weighted by atomic mass is 16.6. The van der Waals surface area contributed by atoms with E-state index in [2.05, 4.69) is 5.32 Å². The molecular formula is C19H25NO6. The molecule has 0 amide bonds. The van der Waals surface area contributed by atoms with Crippen LogP contribution >= 0.6 is 0 Å². The van der Waals surface area contributed by atoms with Crippen LogP contribution in [0, 0.1) is 0 Å². The number of benzene rings is 1. The summed E-state index contributed by atoms with van der Waals surface area (Å²) in [6.07, 6.45) is 0.370. The molecule has 0 aliphatic carbocycles. The number of rotatable bonds is 5. The second-order valence-electron chi connectivity index (χ2n) is 7.16. The topological polar surface area (TPSA) is 90.9 Å². The molecule has 1 unspecified atom stereocenters. The van der Waals surface area contributed by atoms with Gasteiger partial charge in [0.15, 0.2) is 0 Å². The molecule has 0 bridgehead atoms. The molecule has 0 radical (unpaired) electrons. The lowest BCUT2D eigenvalue weighted by atomic mass is 10.1. The van der Waals surface area contributed by atoms with E-state index in [0.717, 1.165) is 13.0 Å². The normalized spacial score (nSPS) is 18.1. The molecule has 26 heavy (non-hydrogen) atoms. The van der Waals surface area contributed by atoms with Gasteiger partial charge in [0.25, 0.3) is 0 Å². The van der Waals surface area contributed by atoms with Crippen LogP contribution in [-0.2, 0) is 23.9 Å². The average molecular weight is 363 g/mol. The van der Waals surface area contributed by atoms with E-state index in [1.165, 1.54) is 19.1 Å². The lowest BCUT2D eigenvalue weighted by Gasteiger charge is -2.25. The summed E-state index contributed by atoms with van der Waals surface area (Å²) in [5.74, 6) is -1.24. The maximum Gasteiger partial charge on any atom is 0.352 e. The molecule has 1 aromatic carbocycles. The first-order valence-electron chi connectivity index (χ1n) is 8.61. The Morgan fingerprint density at radius 3 is 2.31 bits per heavy atom. The van der Waals surface area contributed by atoms with E-state index in [1.807, 2.05) is 0 Å². The van der Waals surface area contributed by atoms with Gasteiger partial charge in [0, 0.05) is 12.5 Å². The summed E-state index contributed by atoms with van der Waals surface area (Å²) in [5.41, 5.74) is -0.271. The molecule has 1 fully saturated rings. The van der Waals surface area contributed by atoms with Crippen LogP contribution in [0.25, 0.3) is 0 Å². The molecule has 0 aromatic heterocycles. The van der Waals surface area contributed by atoms with E-state index in [-0.39, 0.29) is 0 Å². The van der Waals surface area contributed by atoms with E-state index in [0.29, 0.717) is 17.7 Å². The Morgan fingerprint density at radius 1 is 1.15 bits per heavy atom. The molecule has 1 aliphatic rings. The van der Waals surface area contributed by atoms with Crippen molar-refractivity contribution in [1.29, 1.82) is 0 Å². The van der Waals surface area contributed by atoms with Crippen LogP contribution < -0.4 is 10.1 Å². The Bertz CT molecular complexity index is 656. The first-order valence-corrected chi connectivity index (χ1v) is 8.61. The summed E-state index contributed by atoms with van der Waals surface area (Å²) in [7, 11) is 0. The minimum Gasteiger partial charge on any atom is -0.457 e. The van der Waals surface area contributed by atoms with Gasteiger partial charge < -0.3 is 19.5 Å². The monoisotopic (exact) mass is 363 g/mol. The molecule has 7 nitrogen and oxygen atoms in total. The molecule has 0 spiro atoms. The van der Waals surface area contributed by atoms with E-state index in [4.69, 9.17) is 14.2 Å². The Morgan fingerprint density at radius 2 is 1.81 bits per heavy atom. The van der Waals surface area contributed by atoms with Crippen LogP contribution in [-0.4, -0.2) is 36.1 Å². The van der Waals surface area contributed by atoms with Crippen LogP contribution in [0.4, 0.5) is 0 Å². The van der Waals surface area contributed by atoms with Crippen molar-refractivity contribution < 1.29 is 28.6 Å². The molecular weight excluding hydrogens is 338 g/mol. The highest BCUT2D eigenvalue weighted by Gasteiger charge is 2.33. The average Bonchev–Trinajstić information content (AvgIpc) is 3.05. The fraction of sp³-hybridized carbons (Fsp3) is 0.526. The predicted octanol–water partition coefficient (Wildman–Crippen LogP) is 2.29. The number of ether oxygens (including phenoxy) is 3. The number of hydrogen-bond donors (Lipinski definition) is 1. The van der Waals surface area contributed by atoms with Gasteiger partial charge in [0.1, 0.15) is 17.4 Å². The van der Waals surface area contributed by atoms with Crippen molar-refractivity contribution >= 4 is 17.9 Å². The maximum atomic E-state index is 12.6. The van der Waals surface area contributed by atoms with Crippen LogP contribution in [0.1, 0.15) is 52.2 Å². The van der Waals surface area contributed by atoms with Crippen LogP contribution in [0.2, 0.25) is 0 Å². The van der Waals surface area contributed by atoms with Gasteiger partial charge >= 0.3 is 17.9 Å². The second-order valence-corrected chi connectivity index (χ2v) is 7.16. The zero-order valence-corrected chi connectivity index (χ0v) is 15.5. The van der Waals surface area contributed by atoms with Gasteiger partial charge in [-0.25, -0.2) is 4.79 Å². The van der Waals surface area contributed by atoms with Crippen LogP contribution in [0.3, 0.4) is 0 Å². The molecule has 2 atom stereocenters. The number of nitrogens with one attached hydrogen (secondary N) is 1. The molecule has 1 saturated heterocycles. The molecule has 1 heterocycles. The van der Waals surface area contributed by atoms with E-state index in [9.17, 15) is 14.4 Å². The van der Waals surface area contributed by atoms with Gasteiger partial charge in [0.2, 0.25) is 6.10 Å². The second kappa shape index (κ2) is 8.31. The third-order valence-electron chi connectivity index (χ3n) is 3.64. The standard InChI is InChI=1S/C19H25NO6/c1-12(21)24-14-9-7-13(8-10-14)16(18(23)26-19(2,3)4)25-17(22)15-6-5-11-20-15/h7-10,15-16,20H,5-6,11H2,1-4H3/t15-,16?/m1/s1. The molecule has 1 aliphatic heterocycles. The number of carbonyl (C=O) groups is 3. The molecule has 1 N–H and O–H groups in total. The quantitative estimate of drug-likeness (QED) is 0.634. The Kier molecular flexibility index (Phi) is 6.37. The van der Waals surface area contributed by atoms with E-state index >= 15 is 0 Å². The maximum absolute atomic E-state index is 12.6. The first-order chi connectivity index (χ1) is 12.2. The molecule has 1 aromatic rings. The zero-order chi connectivity index (χ0) is 19.3. The van der Waals surface area contributed by atoms with Crippen molar-refractivity contribution in [3.05, 3.63) is 29.8 Å². The zero-order valence-electron chi connectivity index (χ0n) is 15.5. The predicted molar refractivity (Wildman–Crippen MR) is 93.5 cm³/mol. The van der Waals surface area contributed by atoms with Crippen molar-refractivity contribution in [2.45, 2.75) is 58.3 Å². The minimum atomic E-state index is -1.18. The highest BCUT2D eigenvalue weighted by molar-refractivity contribution is 5.83. The smallest absolute Gasteiger partial charge is 0.352 e. The van der Waals surface area contributed by atoms with Gasteiger partial charge in [-0.3, -0.25) is 9.59 Å². The number of carbonyl (C=O) groups excluding carboxylic acids is 3. The van der Waals surface area contributed by atoms with Crippen LogP contribution in [0.5, 0.6) is 5.75 Å².